The van der Waals surface area contributed by atoms with E-state index >= 15 is 0 Å². The van der Waals surface area contributed by atoms with E-state index in [-0.39, 0.29) is 13.0 Å². The Balaban J connectivity index is 1.77. The van der Waals surface area contributed by atoms with Crippen LogP contribution in [0.1, 0.15) is 12.2 Å². The number of nitrogens with one attached hydrogen (secondary N) is 1. The van der Waals surface area contributed by atoms with Crippen molar-refractivity contribution in [2.45, 2.75) is 12.8 Å². The zero-order chi connectivity index (χ0) is 17.4. The lowest BCUT2D eigenvalue weighted by molar-refractivity contribution is -0.147. The Hall–Kier alpha value is -2.96. The molecule has 0 aliphatic carbocycles. The Labute approximate surface area is 139 Å². The van der Waals surface area contributed by atoms with Gasteiger partial charge >= 0.3 is 5.97 Å². The van der Waals surface area contributed by atoms with Gasteiger partial charge in [-0.25, -0.2) is 0 Å². The SMILES string of the molecule is COc1ccc(NC(=O)COC(=O)CCc2ccco2)cc1OC. The molecule has 0 fully saturated rings. The summed E-state index contributed by atoms with van der Waals surface area (Å²) in [4.78, 5) is 23.4. The van der Waals surface area contributed by atoms with Crippen molar-refractivity contribution in [2.24, 2.45) is 0 Å². The van der Waals surface area contributed by atoms with Crippen molar-refractivity contribution in [3.63, 3.8) is 0 Å². The third kappa shape index (κ3) is 5.05. The summed E-state index contributed by atoms with van der Waals surface area (Å²) in [6.45, 7) is -0.356. The van der Waals surface area contributed by atoms with Gasteiger partial charge in [0, 0.05) is 18.2 Å². The van der Waals surface area contributed by atoms with Crippen LogP contribution in [0.2, 0.25) is 0 Å². The average molecular weight is 333 g/mol. The Morgan fingerprint density at radius 2 is 1.92 bits per heavy atom. The Kier molecular flexibility index (Phi) is 6.24. The summed E-state index contributed by atoms with van der Waals surface area (Å²) in [5.74, 6) is 0.842. The van der Waals surface area contributed by atoms with Gasteiger partial charge in [0.2, 0.25) is 0 Å². The van der Waals surface area contributed by atoms with Crippen LogP contribution >= 0.6 is 0 Å². The van der Waals surface area contributed by atoms with Crippen molar-refractivity contribution in [2.75, 3.05) is 26.1 Å². The number of rotatable bonds is 8. The number of carbonyl (C=O) groups is 2. The van der Waals surface area contributed by atoms with Crippen LogP contribution in [-0.4, -0.2) is 32.7 Å². The molecule has 0 aliphatic rings. The monoisotopic (exact) mass is 333 g/mol. The van der Waals surface area contributed by atoms with E-state index in [1.807, 2.05) is 0 Å². The number of benzene rings is 1. The van der Waals surface area contributed by atoms with Crippen molar-refractivity contribution in [3.8, 4) is 11.5 Å². The molecule has 0 spiro atoms. The van der Waals surface area contributed by atoms with Crippen LogP contribution < -0.4 is 14.8 Å². The standard InChI is InChI=1S/C17H19NO6/c1-21-14-7-5-12(10-15(14)22-2)18-16(19)11-24-17(20)8-6-13-4-3-9-23-13/h3-5,7,9-10H,6,8,11H2,1-2H3,(H,18,19). The first-order chi connectivity index (χ1) is 11.6. The number of esters is 1. The minimum absolute atomic E-state index is 0.150. The Morgan fingerprint density at radius 3 is 2.58 bits per heavy atom. The number of amides is 1. The topological polar surface area (TPSA) is 87.0 Å². The molecule has 128 valence electrons. The van der Waals surface area contributed by atoms with Gasteiger partial charge in [-0.05, 0) is 24.3 Å². The van der Waals surface area contributed by atoms with E-state index in [1.165, 1.54) is 20.5 Å². The maximum Gasteiger partial charge on any atom is 0.306 e. The first kappa shape index (κ1) is 17.4. The minimum Gasteiger partial charge on any atom is -0.493 e. The minimum atomic E-state index is -0.464. The van der Waals surface area contributed by atoms with E-state index in [2.05, 4.69) is 5.32 Å². The molecule has 0 atom stereocenters. The largest absolute Gasteiger partial charge is 0.493 e. The first-order valence-electron chi connectivity index (χ1n) is 7.32. The molecule has 7 heteroatoms. The molecule has 24 heavy (non-hydrogen) atoms. The second kappa shape index (κ2) is 8.61. The lowest BCUT2D eigenvalue weighted by Crippen LogP contribution is -2.21. The summed E-state index contributed by atoms with van der Waals surface area (Å²) in [5.41, 5.74) is 0.518. The maximum absolute atomic E-state index is 11.8. The highest BCUT2D eigenvalue weighted by atomic mass is 16.5. The Morgan fingerprint density at radius 1 is 1.12 bits per heavy atom. The molecule has 0 bridgehead atoms. The van der Waals surface area contributed by atoms with Crippen LogP contribution in [0, 0.1) is 0 Å². The quantitative estimate of drug-likeness (QED) is 0.747. The fraction of sp³-hybridized carbons (Fsp3) is 0.294. The molecular formula is C17H19NO6. The smallest absolute Gasteiger partial charge is 0.306 e. The molecular weight excluding hydrogens is 314 g/mol. The summed E-state index contributed by atoms with van der Waals surface area (Å²) >= 11 is 0. The molecule has 0 saturated carbocycles. The number of hydrogen-bond donors (Lipinski definition) is 1. The van der Waals surface area contributed by atoms with Crippen molar-refractivity contribution in [3.05, 3.63) is 42.4 Å². The molecule has 1 aromatic heterocycles. The summed E-state index contributed by atoms with van der Waals surface area (Å²) < 4.78 is 20.3. The van der Waals surface area contributed by atoms with E-state index in [4.69, 9.17) is 18.6 Å². The zero-order valence-electron chi connectivity index (χ0n) is 13.5. The lowest BCUT2D eigenvalue weighted by atomic mass is 10.2. The average Bonchev–Trinajstić information content (AvgIpc) is 3.11. The first-order valence-corrected chi connectivity index (χ1v) is 7.32. The number of methoxy groups -OCH3 is 2. The molecule has 0 radical (unpaired) electrons. The molecule has 1 amide bonds. The highest BCUT2D eigenvalue weighted by Gasteiger charge is 2.11. The summed E-state index contributed by atoms with van der Waals surface area (Å²) in [6, 6.07) is 8.48. The van der Waals surface area contributed by atoms with Gasteiger partial charge < -0.3 is 23.9 Å². The van der Waals surface area contributed by atoms with Gasteiger partial charge in [-0.2, -0.15) is 0 Å². The number of ether oxygens (including phenoxy) is 3. The second-order valence-electron chi connectivity index (χ2n) is 4.86. The summed E-state index contributed by atoms with van der Waals surface area (Å²) in [7, 11) is 3.03. The lowest BCUT2D eigenvalue weighted by Gasteiger charge is -2.10. The molecule has 0 unspecified atom stereocenters. The summed E-state index contributed by atoms with van der Waals surface area (Å²) in [5, 5.41) is 2.62. The molecule has 1 aromatic carbocycles. The van der Waals surface area contributed by atoms with E-state index in [0.29, 0.717) is 29.4 Å². The normalized spacial score (nSPS) is 10.1. The van der Waals surface area contributed by atoms with Crippen LogP contribution in [0.25, 0.3) is 0 Å². The number of aryl methyl sites for hydroxylation is 1. The van der Waals surface area contributed by atoms with E-state index in [1.54, 1.807) is 30.3 Å². The van der Waals surface area contributed by atoms with Crippen molar-refractivity contribution >= 4 is 17.6 Å². The van der Waals surface area contributed by atoms with Gasteiger partial charge in [0.1, 0.15) is 5.76 Å². The fourth-order valence-corrected chi connectivity index (χ4v) is 2.01. The molecule has 2 aromatic rings. The van der Waals surface area contributed by atoms with Gasteiger partial charge in [-0.1, -0.05) is 0 Å². The summed E-state index contributed by atoms with van der Waals surface area (Å²) in [6.07, 6.45) is 2.12. The van der Waals surface area contributed by atoms with Gasteiger partial charge in [-0.15, -0.1) is 0 Å². The zero-order valence-corrected chi connectivity index (χ0v) is 13.5. The van der Waals surface area contributed by atoms with Gasteiger partial charge in [0.05, 0.1) is 26.9 Å². The fourth-order valence-electron chi connectivity index (χ4n) is 2.01. The van der Waals surface area contributed by atoms with Crippen LogP contribution in [0.3, 0.4) is 0 Å². The number of furan rings is 1. The highest BCUT2D eigenvalue weighted by Crippen LogP contribution is 2.29. The Bertz CT molecular complexity index is 680. The van der Waals surface area contributed by atoms with Crippen LogP contribution in [-0.2, 0) is 20.7 Å². The van der Waals surface area contributed by atoms with Crippen LogP contribution in [0.15, 0.2) is 41.0 Å². The van der Waals surface area contributed by atoms with Crippen molar-refractivity contribution < 1.29 is 28.2 Å². The molecule has 2 rings (SSSR count). The predicted octanol–water partition coefficient (Wildman–Crippen LogP) is 2.41. The second-order valence-corrected chi connectivity index (χ2v) is 4.86. The van der Waals surface area contributed by atoms with E-state index < -0.39 is 11.9 Å². The number of hydrogen-bond acceptors (Lipinski definition) is 6. The number of anilines is 1. The van der Waals surface area contributed by atoms with Crippen molar-refractivity contribution in [1.82, 2.24) is 0 Å². The van der Waals surface area contributed by atoms with Gasteiger partial charge in [0.25, 0.3) is 5.91 Å². The molecule has 1 heterocycles. The number of carbonyl (C=O) groups excluding carboxylic acids is 2. The third-order valence-corrected chi connectivity index (χ3v) is 3.19. The third-order valence-electron chi connectivity index (χ3n) is 3.19. The van der Waals surface area contributed by atoms with Crippen LogP contribution in [0.4, 0.5) is 5.69 Å². The highest BCUT2D eigenvalue weighted by molar-refractivity contribution is 5.93. The predicted molar refractivity (Wildman–Crippen MR) is 86.2 cm³/mol. The van der Waals surface area contributed by atoms with Crippen LogP contribution in [0.5, 0.6) is 11.5 Å². The molecule has 0 aliphatic heterocycles. The molecule has 1 N–H and O–H groups in total. The van der Waals surface area contributed by atoms with Crippen molar-refractivity contribution in [1.29, 1.82) is 0 Å². The van der Waals surface area contributed by atoms with E-state index in [9.17, 15) is 9.59 Å². The maximum atomic E-state index is 11.8. The van der Waals surface area contributed by atoms with Gasteiger partial charge in [0.15, 0.2) is 18.1 Å². The van der Waals surface area contributed by atoms with E-state index in [0.717, 1.165) is 0 Å². The van der Waals surface area contributed by atoms with Gasteiger partial charge in [-0.3, -0.25) is 9.59 Å². The molecule has 7 nitrogen and oxygen atoms in total. The molecule has 0 saturated heterocycles.